The Morgan fingerprint density at radius 1 is 1.28 bits per heavy atom. The van der Waals surface area contributed by atoms with Crippen molar-refractivity contribution in [2.24, 2.45) is 0 Å². The van der Waals surface area contributed by atoms with Crippen molar-refractivity contribution in [3.63, 3.8) is 0 Å². The van der Waals surface area contributed by atoms with Crippen molar-refractivity contribution < 1.29 is 19.5 Å². The molecule has 0 bridgehead atoms. The second-order valence-electron chi connectivity index (χ2n) is 3.70. The first-order valence-electron chi connectivity index (χ1n) is 5.93. The Hall–Kier alpha value is -1.24. The molecule has 0 aromatic rings. The van der Waals surface area contributed by atoms with Gasteiger partial charge >= 0.3 is 12.0 Å². The van der Waals surface area contributed by atoms with E-state index in [0.717, 1.165) is 24.6 Å². The predicted octanol–water partition coefficient (Wildman–Crippen LogP) is 1.21. The summed E-state index contributed by atoms with van der Waals surface area (Å²) in [5.74, 6) is -1.46. The molecule has 0 saturated carbocycles. The molecule has 0 saturated heterocycles. The highest BCUT2D eigenvalue weighted by atomic mass is 32.2. The molecule has 6 nitrogen and oxygen atoms in total. The number of carbonyl (C=O) groups is 3. The average Bonchev–Trinajstić information content (AvgIpc) is 2.29. The van der Waals surface area contributed by atoms with E-state index in [1.807, 2.05) is 6.92 Å². The molecule has 0 aliphatic rings. The summed E-state index contributed by atoms with van der Waals surface area (Å²) in [6, 6.07) is -0.530. The molecule has 0 fully saturated rings. The van der Waals surface area contributed by atoms with E-state index < -0.39 is 23.2 Å². The van der Waals surface area contributed by atoms with Gasteiger partial charge in [-0.3, -0.25) is 14.9 Å². The van der Waals surface area contributed by atoms with E-state index in [1.165, 1.54) is 0 Å². The molecule has 0 aromatic carbocycles. The number of hydrogen-bond acceptors (Lipinski definition) is 4. The van der Waals surface area contributed by atoms with Crippen LogP contribution in [0, 0.1) is 0 Å². The number of aliphatic carboxylic acids is 1. The molecule has 104 valence electrons. The summed E-state index contributed by atoms with van der Waals surface area (Å²) >= 11 is 1.02. The third-order valence-electron chi connectivity index (χ3n) is 2.13. The van der Waals surface area contributed by atoms with Crippen LogP contribution in [0.4, 0.5) is 4.79 Å². The number of carboxylic acids is 1. The van der Waals surface area contributed by atoms with Gasteiger partial charge in [-0.15, -0.1) is 11.8 Å². The minimum absolute atomic E-state index is 0.0357. The third-order valence-corrected chi connectivity index (χ3v) is 3.50. The van der Waals surface area contributed by atoms with Crippen molar-refractivity contribution in [3.05, 3.63) is 0 Å². The highest BCUT2D eigenvalue weighted by Gasteiger charge is 2.17. The van der Waals surface area contributed by atoms with Gasteiger partial charge < -0.3 is 10.4 Å². The molecule has 18 heavy (non-hydrogen) atoms. The minimum Gasteiger partial charge on any atom is -0.480 e. The second-order valence-corrected chi connectivity index (χ2v) is 4.89. The number of imide groups is 1. The minimum atomic E-state index is -0.942. The fraction of sp³-hybridized carbons (Fsp3) is 0.727. The summed E-state index contributed by atoms with van der Waals surface area (Å²) < 4.78 is 0. The van der Waals surface area contributed by atoms with Gasteiger partial charge in [0.05, 0.1) is 5.75 Å². The monoisotopic (exact) mass is 276 g/mol. The summed E-state index contributed by atoms with van der Waals surface area (Å²) in [5, 5.41) is 12.9. The Morgan fingerprint density at radius 2 is 1.94 bits per heavy atom. The second kappa shape index (κ2) is 9.76. The highest BCUT2D eigenvalue weighted by Crippen LogP contribution is 2.13. The van der Waals surface area contributed by atoms with Crippen molar-refractivity contribution in [3.8, 4) is 0 Å². The van der Waals surface area contributed by atoms with Crippen molar-refractivity contribution in [2.75, 3.05) is 12.3 Å². The molecule has 7 heteroatoms. The first kappa shape index (κ1) is 16.8. The number of rotatable bonds is 8. The fourth-order valence-electron chi connectivity index (χ4n) is 1.13. The van der Waals surface area contributed by atoms with Crippen molar-refractivity contribution in [1.82, 2.24) is 10.6 Å². The Kier molecular flexibility index (Phi) is 9.08. The van der Waals surface area contributed by atoms with Crippen LogP contribution >= 0.6 is 11.8 Å². The largest absolute Gasteiger partial charge is 0.480 e. The molecule has 0 heterocycles. The SMILES string of the molecule is CCCCNC(=O)NC(=O)CSC(CC)C(=O)O. The van der Waals surface area contributed by atoms with Gasteiger partial charge in [0.15, 0.2) is 0 Å². The average molecular weight is 276 g/mol. The van der Waals surface area contributed by atoms with Gasteiger partial charge in [0.25, 0.3) is 0 Å². The van der Waals surface area contributed by atoms with E-state index in [0.29, 0.717) is 13.0 Å². The quantitative estimate of drug-likeness (QED) is 0.579. The zero-order valence-electron chi connectivity index (χ0n) is 10.7. The number of hydrogen-bond donors (Lipinski definition) is 3. The van der Waals surface area contributed by atoms with Crippen molar-refractivity contribution in [2.45, 2.75) is 38.4 Å². The molecule has 0 radical (unpaired) electrons. The lowest BCUT2D eigenvalue weighted by Gasteiger charge is -2.09. The number of amides is 3. The lowest BCUT2D eigenvalue weighted by atomic mass is 10.3. The molecule has 0 aliphatic heterocycles. The van der Waals surface area contributed by atoms with Crippen LogP contribution in [0.2, 0.25) is 0 Å². The van der Waals surface area contributed by atoms with Crippen LogP contribution in [-0.4, -0.2) is 40.6 Å². The molecule has 0 aliphatic carbocycles. The van der Waals surface area contributed by atoms with Gasteiger partial charge in [0.2, 0.25) is 5.91 Å². The molecule has 0 spiro atoms. The first-order valence-corrected chi connectivity index (χ1v) is 6.98. The summed E-state index contributed by atoms with van der Waals surface area (Å²) in [7, 11) is 0. The van der Waals surface area contributed by atoms with E-state index >= 15 is 0 Å². The normalized spacial score (nSPS) is 11.7. The maximum absolute atomic E-state index is 11.3. The summed E-state index contributed by atoms with van der Waals surface area (Å²) in [5.41, 5.74) is 0. The van der Waals surface area contributed by atoms with E-state index in [4.69, 9.17) is 5.11 Å². The number of carbonyl (C=O) groups excluding carboxylic acids is 2. The number of urea groups is 1. The van der Waals surface area contributed by atoms with Crippen LogP contribution in [-0.2, 0) is 9.59 Å². The molecule has 1 atom stereocenters. The molecular formula is C11H20N2O4S. The van der Waals surface area contributed by atoms with Gasteiger partial charge in [-0.1, -0.05) is 20.3 Å². The van der Waals surface area contributed by atoms with Crippen LogP contribution in [0.3, 0.4) is 0 Å². The smallest absolute Gasteiger partial charge is 0.321 e. The Balaban J connectivity index is 3.82. The molecule has 3 amide bonds. The molecule has 0 rings (SSSR count). The van der Waals surface area contributed by atoms with Crippen LogP contribution in [0.1, 0.15) is 33.1 Å². The zero-order valence-corrected chi connectivity index (χ0v) is 11.5. The number of carboxylic acid groups (broad SMARTS) is 1. The standard InChI is InChI=1S/C11H20N2O4S/c1-3-5-6-12-11(17)13-9(14)7-18-8(4-2)10(15)16/h8H,3-7H2,1-2H3,(H,15,16)(H2,12,13,14,17). The van der Waals surface area contributed by atoms with Gasteiger partial charge in [-0.25, -0.2) is 4.79 Å². The van der Waals surface area contributed by atoms with Crippen LogP contribution < -0.4 is 10.6 Å². The summed E-state index contributed by atoms with van der Waals surface area (Å²) in [4.78, 5) is 33.3. The number of nitrogens with one attached hydrogen (secondary N) is 2. The van der Waals surface area contributed by atoms with Crippen LogP contribution in [0.5, 0.6) is 0 Å². The molecule has 0 aromatic heterocycles. The van der Waals surface area contributed by atoms with Gasteiger partial charge in [-0.2, -0.15) is 0 Å². The van der Waals surface area contributed by atoms with E-state index in [9.17, 15) is 14.4 Å². The van der Waals surface area contributed by atoms with Crippen LogP contribution in [0.15, 0.2) is 0 Å². The first-order chi connectivity index (χ1) is 8.51. The van der Waals surface area contributed by atoms with E-state index in [2.05, 4.69) is 10.6 Å². The maximum Gasteiger partial charge on any atom is 0.321 e. The van der Waals surface area contributed by atoms with Gasteiger partial charge in [-0.05, 0) is 12.8 Å². The van der Waals surface area contributed by atoms with Crippen molar-refractivity contribution in [1.29, 1.82) is 0 Å². The van der Waals surface area contributed by atoms with Gasteiger partial charge in [0, 0.05) is 6.54 Å². The highest BCUT2D eigenvalue weighted by molar-refractivity contribution is 8.01. The molecule has 1 unspecified atom stereocenters. The lowest BCUT2D eigenvalue weighted by Crippen LogP contribution is -2.41. The van der Waals surface area contributed by atoms with Crippen LogP contribution in [0.25, 0.3) is 0 Å². The molecular weight excluding hydrogens is 256 g/mol. The third kappa shape index (κ3) is 7.94. The molecule has 3 N–H and O–H groups in total. The van der Waals surface area contributed by atoms with E-state index in [1.54, 1.807) is 6.92 Å². The summed E-state index contributed by atoms with van der Waals surface area (Å²) in [6.07, 6.45) is 2.25. The Bertz CT molecular complexity index is 297. The topological polar surface area (TPSA) is 95.5 Å². The Morgan fingerprint density at radius 3 is 2.44 bits per heavy atom. The number of unbranched alkanes of at least 4 members (excludes halogenated alkanes) is 1. The lowest BCUT2D eigenvalue weighted by molar-refractivity contribution is -0.136. The Labute approximate surface area is 111 Å². The zero-order chi connectivity index (χ0) is 14.0. The van der Waals surface area contributed by atoms with E-state index in [-0.39, 0.29) is 5.75 Å². The predicted molar refractivity (Wildman–Crippen MR) is 70.6 cm³/mol. The summed E-state index contributed by atoms with van der Waals surface area (Å²) in [6.45, 7) is 4.26. The maximum atomic E-state index is 11.3. The fourth-order valence-corrected chi connectivity index (χ4v) is 1.93. The van der Waals surface area contributed by atoms with Crippen molar-refractivity contribution >= 4 is 29.7 Å². The van der Waals surface area contributed by atoms with Gasteiger partial charge in [0.1, 0.15) is 5.25 Å². The number of thioether (sulfide) groups is 1.